The Morgan fingerprint density at radius 3 is 3.06 bits per heavy atom. The lowest BCUT2D eigenvalue weighted by Crippen LogP contribution is -2.14. The molecule has 0 radical (unpaired) electrons. The van der Waals surface area contributed by atoms with Crippen LogP contribution in [-0.2, 0) is 11.2 Å². The maximum atomic E-state index is 10.5. The van der Waals surface area contributed by atoms with Gasteiger partial charge in [0.05, 0.1) is 13.0 Å². The van der Waals surface area contributed by atoms with Crippen LogP contribution in [0.25, 0.3) is 0 Å². The quantitative estimate of drug-likeness (QED) is 0.790. The topological polar surface area (TPSA) is 78.3 Å². The zero-order chi connectivity index (χ0) is 11.5. The van der Waals surface area contributed by atoms with Crippen molar-refractivity contribution in [3.8, 4) is 5.75 Å². The molecule has 0 aliphatic heterocycles. The summed E-state index contributed by atoms with van der Waals surface area (Å²) in [5, 5.41) is 0. The number of primary amides is 1. The van der Waals surface area contributed by atoms with Crippen molar-refractivity contribution in [3.05, 3.63) is 29.3 Å². The van der Waals surface area contributed by atoms with Crippen LogP contribution < -0.4 is 16.2 Å². The van der Waals surface area contributed by atoms with Crippen LogP contribution in [0, 0.1) is 0 Å². The van der Waals surface area contributed by atoms with E-state index in [2.05, 4.69) is 0 Å². The van der Waals surface area contributed by atoms with Gasteiger partial charge in [-0.3, -0.25) is 4.79 Å². The highest BCUT2D eigenvalue weighted by atomic mass is 16.5. The van der Waals surface area contributed by atoms with Gasteiger partial charge in [0.25, 0.3) is 0 Å². The number of rotatable bonds is 4. The first kappa shape index (κ1) is 11.0. The molecule has 4 N–H and O–H groups in total. The first-order chi connectivity index (χ1) is 7.66. The first-order valence-corrected chi connectivity index (χ1v) is 5.46. The van der Waals surface area contributed by atoms with Gasteiger partial charge in [0.1, 0.15) is 5.75 Å². The molecule has 1 atom stereocenters. The second-order valence-corrected chi connectivity index (χ2v) is 4.07. The van der Waals surface area contributed by atoms with E-state index in [0.717, 1.165) is 18.6 Å². The second-order valence-electron chi connectivity index (χ2n) is 4.07. The smallest absolute Gasteiger partial charge is 0.220 e. The van der Waals surface area contributed by atoms with E-state index < -0.39 is 0 Å². The largest absolute Gasteiger partial charge is 0.493 e. The number of carbonyl (C=O) groups excluding carboxylic acids is 1. The molecule has 1 aromatic rings. The number of hydrogen-bond acceptors (Lipinski definition) is 3. The van der Waals surface area contributed by atoms with Crippen LogP contribution in [0.2, 0.25) is 0 Å². The van der Waals surface area contributed by atoms with Crippen molar-refractivity contribution in [1.29, 1.82) is 0 Å². The Balaban J connectivity index is 1.99. The molecule has 0 heterocycles. The summed E-state index contributed by atoms with van der Waals surface area (Å²) in [5.41, 5.74) is 13.4. The Labute approximate surface area is 94.6 Å². The van der Waals surface area contributed by atoms with Gasteiger partial charge in [0.2, 0.25) is 5.91 Å². The second kappa shape index (κ2) is 4.53. The zero-order valence-corrected chi connectivity index (χ0v) is 9.11. The summed E-state index contributed by atoms with van der Waals surface area (Å²) in [6, 6.07) is 6.07. The molecule has 16 heavy (non-hydrogen) atoms. The van der Waals surface area contributed by atoms with Gasteiger partial charge < -0.3 is 16.2 Å². The van der Waals surface area contributed by atoms with Crippen molar-refractivity contribution in [1.82, 2.24) is 0 Å². The van der Waals surface area contributed by atoms with Crippen molar-refractivity contribution in [3.63, 3.8) is 0 Å². The Hall–Kier alpha value is -1.55. The van der Waals surface area contributed by atoms with Gasteiger partial charge in [0.15, 0.2) is 0 Å². The van der Waals surface area contributed by atoms with Crippen LogP contribution >= 0.6 is 0 Å². The Kier molecular flexibility index (Phi) is 3.10. The molecule has 4 heteroatoms. The number of benzene rings is 1. The van der Waals surface area contributed by atoms with E-state index in [1.54, 1.807) is 0 Å². The monoisotopic (exact) mass is 220 g/mol. The van der Waals surface area contributed by atoms with Crippen LogP contribution in [0.4, 0.5) is 0 Å². The standard InChI is InChI=1S/C12H16N2O2/c13-11-4-1-8-7-9(2-3-10(8)11)16-6-5-12(14)15/h2-3,7,11H,1,4-6,13H2,(H2,14,15)/t11-/m0/s1. The predicted molar refractivity (Wildman–Crippen MR) is 61.0 cm³/mol. The number of amides is 1. The van der Waals surface area contributed by atoms with Crippen molar-refractivity contribution in [2.75, 3.05) is 6.61 Å². The Morgan fingerprint density at radius 2 is 2.31 bits per heavy atom. The van der Waals surface area contributed by atoms with Crippen molar-refractivity contribution in [2.45, 2.75) is 25.3 Å². The van der Waals surface area contributed by atoms with E-state index in [1.165, 1.54) is 11.1 Å². The molecule has 86 valence electrons. The van der Waals surface area contributed by atoms with E-state index >= 15 is 0 Å². The highest BCUT2D eigenvalue weighted by Gasteiger charge is 2.18. The molecular weight excluding hydrogens is 204 g/mol. The van der Waals surface area contributed by atoms with Crippen LogP contribution in [0.3, 0.4) is 0 Å². The SMILES string of the molecule is NC(=O)CCOc1ccc2c(c1)CC[C@@H]2N. The van der Waals surface area contributed by atoms with E-state index in [1.807, 2.05) is 18.2 Å². The minimum atomic E-state index is -0.344. The average Bonchev–Trinajstić information content (AvgIpc) is 2.60. The molecule has 0 spiro atoms. The molecule has 0 aromatic heterocycles. The maximum Gasteiger partial charge on any atom is 0.220 e. The summed E-state index contributed by atoms with van der Waals surface area (Å²) < 4.78 is 5.44. The Morgan fingerprint density at radius 1 is 1.50 bits per heavy atom. The minimum Gasteiger partial charge on any atom is -0.493 e. The highest BCUT2D eigenvalue weighted by molar-refractivity contribution is 5.73. The van der Waals surface area contributed by atoms with Gasteiger partial charge in [-0.2, -0.15) is 0 Å². The van der Waals surface area contributed by atoms with Crippen molar-refractivity contribution < 1.29 is 9.53 Å². The van der Waals surface area contributed by atoms with E-state index in [4.69, 9.17) is 16.2 Å². The molecule has 0 saturated heterocycles. The van der Waals surface area contributed by atoms with Crippen molar-refractivity contribution in [2.24, 2.45) is 11.5 Å². The third-order valence-electron chi connectivity index (χ3n) is 2.86. The first-order valence-electron chi connectivity index (χ1n) is 5.46. The lowest BCUT2D eigenvalue weighted by atomic mass is 10.1. The number of aryl methyl sites for hydroxylation is 1. The molecule has 1 amide bonds. The fourth-order valence-electron chi connectivity index (χ4n) is 1.99. The zero-order valence-electron chi connectivity index (χ0n) is 9.11. The molecule has 1 aromatic carbocycles. The minimum absolute atomic E-state index is 0.162. The van der Waals surface area contributed by atoms with Gasteiger partial charge in [0, 0.05) is 6.04 Å². The molecule has 0 saturated carbocycles. The lowest BCUT2D eigenvalue weighted by Gasteiger charge is -2.08. The highest BCUT2D eigenvalue weighted by Crippen LogP contribution is 2.31. The van der Waals surface area contributed by atoms with Crippen LogP contribution in [0.1, 0.15) is 30.0 Å². The maximum absolute atomic E-state index is 10.5. The van der Waals surface area contributed by atoms with Gasteiger partial charge in [-0.25, -0.2) is 0 Å². The van der Waals surface area contributed by atoms with Crippen LogP contribution in [0.5, 0.6) is 5.75 Å². The lowest BCUT2D eigenvalue weighted by molar-refractivity contribution is -0.118. The van der Waals surface area contributed by atoms with Gasteiger partial charge in [-0.15, -0.1) is 0 Å². The molecule has 0 bridgehead atoms. The molecule has 1 aliphatic carbocycles. The van der Waals surface area contributed by atoms with E-state index in [-0.39, 0.29) is 18.4 Å². The van der Waals surface area contributed by atoms with Gasteiger partial charge >= 0.3 is 0 Å². The molecule has 4 nitrogen and oxygen atoms in total. The number of ether oxygens (including phenoxy) is 1. The van der Waals surface area contributed by atoms with Gasteiger partial charge in [-0.1, -0.05) is 6.07 Å². The number of nitrogens with two attached hydrogens (primary N) is 2. The summed E-state index contributed by atoms with van der Waals surface area (Å²) in [5.74, 6) is 0.442. The number of hydrogen-bond donors (Lipinski definition) is 2. The van der Waals surface area contributed by atoms with E-state index in [9.17, 15) is 4.79 Å². The summed E-state index contributed by atoms with van der Waals surface area (Å²) in [6.45, 7) is 0.334. The third-order valence-corrected chi connectivity index (χ3v) is 2.86. The van der Waals surface area contributed by atoms with Crippen molar-refractivity contribution >= 4 is 5.91 Å². The fourth-order valence-corrected chi connectivity index (χ4v) is 1.99. The predicted octanol–water partition coefficient (Wildman–Crippen LogP) is 0.887. The Bertz CT molecular complexity index is 404. The molecule has 0 fully saturated rings. The number of carbonyl (C=O) groups is 1. The summed E-state index contributed by atoms with van der Waals surface area (Å²) in [6.07, 6.45) is 2.25. The summed E-state index contributed by atoms with van der Waals surface area (Å²) >= 11 is 0. The normalized spacial score (nSPS) is 18.2. The van der Waals surface area contributed by atoms with Crippen LogP contribution in [0.15, 0.2) is 18.2 Å². The van der Waals surface area contributed by atoms with Gasteiger partial charge in [-0.05, 0) is 36.1 Å². The molecular formula is C12H16N2O2. The average molecular weight is 220 g/mol. The van der Waals surface area contributed by atoms with E-state index in [0.29, 0.717) is 6.61 Å². The summed E-state index contributed by atoms with van der Waals surface area (Å²) in [7, 11) is 0. The third kappa shape index (κ3) is 2.33. The molecule has 2 rings (SSSR count). The molecule has 0 unspecified atom stereocenters. The number of fused-ring (bicyclic) bond motifs is 1. The molecule has 1 aliphatic rings. The fraction of sp³-hybridized carbons (Fsp3) is 0.417. The summed E-state index contributed by atoms with van der Waals surface area (Å²) in [4.78, 5) is 10.5. The van der Waals surface area contributed by atoms with Crippen LogP contribution in [-0.4, -0.2) is 12.5 Å².